The van der Waals surface area contributed by atoms with Crippen LogP contribution in [0.1, 0.15) is 18.0 Å². The van der Waals surface area contributed by atoms with Crippen LogP contribution in [0.5, 0.6) is 0 Å². The number of esters is 1. The van der Waals surface area contributed by atoms with E-state index in [4.69, 9.17) is 5.73 Å². The number of H-pyrrole nitrogens is 1. The molecule has 0 aromatic carbocycles. The molecule has 1 atom stereocenters. The normalized spacial score (nSPS) is 12.5. The fourth-order valence-corrected chi connectivity index (χ4v) is 1.20. The monoisotopic (exact) mass is 182 g/mol. The van der Waals surface area contributed by atoms with Crippen molar-refractivity contribution in [2.24, 2.45) is 5.73 Å². The summed E-state index contributed by atoms with van der Waals surface area (Å²) in [4.78, 5) is 14.0. The number of nitrogens with one attached hydrogen (secondary N) is 1. The van der Waals surface area contributed by atoms with E-state index in [0.29, 0.717) is 13.0 Å². The Kier molecular flexibility index (Phi) is 3.52. The lowest BCUT2D eigenvalue weighted by molar-refractivity contribution is -0.141. The first-order chi connectivity index (χ1) is 6.27. The molecule has 1 unspecified atom stereocenters. The zero-order valence-corrected chi connectivity index (χ0v) is 7.62. The van der Waals surface area contributed by atoms with Crippen molar-refractivity contribution in [3.05, 3.63) is 24.0 Å². The molecule has 0 aliphatic carbocycles. The van der Waals surface area contributed by atoms with E-state index >= 15 is 0 Å². The number of nitrogens with two attached hydrogens (primary N) is 1. The highest BCUT2D eigenvalue weighted by atomic mass is 16.5. The molecule has 0 fully saturated rings. The molecule has 0 saturated carbocycles. The fraction of sp³-hybridized carbons (Fsp3) is 0.444. The van der Waals surface area contributed by atoms with Crippen LogP contribution in [0.25, 0.3) is 0 Å². The number of rotatable bonds is 4. The Hall–Kier alpha value is -1.29. The molecular formula is C9H14N2O2. The number of carbonyl (C=O) groups is 1. The molecule has 3 N–H and O–H groups in total. The van der Waals surface area contributed by atoms with Crippen molar-refractivity contribution < 1.29 is 9.53 Å². The van der Waals surface area contributed by atoms with Gasteiger partial charge >= 0.3 is 5.97 Å². The quantitative estimate of drug-likeness (QED) is 0.671. The number of hydrogen-bond donors (Lipinski definition) is 2. The molecule has 0 amide bonds. The summed E-state index contributed by atoms with van der Waals surface area (Å²) in [5.74, 6) is -0.201. The minimum absolute atomic E-state index is 0.0300. The van der Waals surface area contributed by atoms with Crippen LogP contribution in [0.3, 0.4) is 0 Å². The summed E-state index contributed by atoms with van der Waals surface area (Å²) in [7, 11) is 1.38. The maximum absolute atomic E-state index is 11.0. The largest absolute Gasteiger partial charge is 0.469 e. The lowest BCUT2D eigenvalue weighted by Gasteiger charge is -2.10. The number of aromatic nitrogens is 1. The van der Waals surface area contributed by atoms with Gasteiger partial charge < -0.3 is 15.5 Å². The van der Waals surface area contributed by atoms with Crippen molar-refractivity contribution in [2.75, 3.05) is 13.7 Å². The van der Waals surface area contributed by atoms with Crippen LogP contribution in [0.15, 0.2) is 18.3 Å². The highest BCUT2D eigenvalue weighted by molar-refractivity contribution is 5.70. The van der Waals surface area contributed by atoms with Crippen molar-refractivity contribution >= 4 is 5.97 Å². The van der Waals surface area contributed by atoms with Crippen LogP contribution in [-0.4, -0.2) is 24.6 Å². The van der Waals surface area contributed by atoms with Crippen LogP contribution in [0, 0.1) is 0 Å². The Bertz CT molecular complexity index is 257. The van der Waals surface area contributed by atoms with E-state index in [-0.39, 0.29) is 11.9 Å². The predicted octanol–water partition coefficient (Wildman–Crippen LogP) is 0.620. The van der Waals surface area contributed by atoms with Gasteiger partial charge in [0.2, 0.25) is 0 Å². The molecule has 0 spiro atoms. The lowest BCUT2D eigenvalue weighted by atomic mass is 10.0. The Morgan fingerprint density at radius 1 is 1.77 bits per heavy atom. The van der Waals surface area contributed by atoms with Gasteiger partial charge in [-0.15, -0.1) is 0 Å². The van der Waals surface area contributed by atoms with Crippen molar-refractivity contribution in [1.82, 2.24) is 4.98 Å². The summed E-state index contributed by atoms with van der Waals surface area (Å²) < 4.78 is 4.57. The zero-order chi connectivity index (χ0) is 9.68. The van der Waals surface area contributed by atoms with E-state index in [9.17, 15) is 4.79 Å². The molecule has 1 aromatic rings. The number of methoxy groups -OCH3 is 1. The first kappa shape index (κ1) is 9.80. The molecule has 13 heavy (non-hydrogen) atoms. The first-order valence-corrected chi connectivity index (χ1v) is 4.18. The molecule has 4 heteroatoms. The lowest BCUT2D eigenvalue weighted by Crippen LogP contribution is -2.17. The van der Waals surface area contributed by atoms with Gasteiger partial charge in [-0.2, -0.15) is 0 Å². The average molecular weight is 182 g/mol. The smallest absolute Gasteiger partial charge is 0.306 e. The Morgan fingerprint density at radius 2 is 2.54 bits per heavy atom. The predicted molar refractivity (Wildman–Crippen MR) is 49.2 cm³/mol. The molecule has 1 rings (SSSR count). The van der Waals surface area contributed by atoms with Crippen LogP contribution >= 0.6 is 0 Å². The van der Waals surface area contributed by atoms with E-state index in [1.165, 1.54) is 7.11 Å². The van der Waals surface area contributed by atoms with Crippen molar-refractivity contribution in [1.29, 1.82) is 0 Å². The average Bonchev–Trinajstić information content (AvgIpc) is 2.66. The summed E-state index contributed by atoms with van der Waals surface area (Å²) in [5, 5.41) is 0. The van der Waals surface area contributed by atoms with E-state index in [1.54, 1.807) is 0 Å². The van der Waals surface area contributed by atoms with Crippen LogP contribution < -0.4 is 5.73 Å². The molecule has 0 aliphatic heterocycles. The van der Waals surface area contributed by atoms with Gasteiger partial charge in [0, 0.05) is 24.4 Å². The molecule has 0 saturated heterocycles. The third kappa shape index (κ3) is 2.59. The molecular weight excluding hydrogens is 168 g/mol. The SMILES string of the molecule is COC(=O)CC(CN)c1ccc[nH]1. The van der Waals surface area contributed by atoms with Crippen molar-refractivity contribution in [2.45, 2.75) is 12.3 Å². The van der Waals surface area contributed by atoms with Gasteiger partial charge in [0.15, 0.2) is 0 Å². The van der Waals surface area contributed by atoms with Gasteiger partial charge in [0.1, 0.15) is 0 Å². The molecule has 1 aromatic heterocycles. The summed E-state index contributed by atoms with van der Waals surface area (Å²) in [6.45, 7) is 0.440. The topological polar surface area (TPSA) is 68.1 Å². The zero-order valence-electron chi connectivity index (χ0n) is 7.62. The van der Waals surface area contributed by atoms with Gasteiger partial charge in [-0.25, -0.2) is 0 Å². The second kappa shape index (κ2) is 4.67. The van der Waals surface area contributed by atoms with Gasteiger partial charge in [-0.1, -0.05) is 0 Å². The molecule has 72 valence electrons. The van der Waals surface area contributed by atoms with E-state index in [2.05, 4.69) is 9.72 Å². The van der Waals surface area contributed by atoms with E-state index in [0.717, 1.165) is 5.69 Å². The van der Waals surface area contributed by atoms with Crippen molar-refractivity contribution in [3.8, 4) is 0 Å². The molecule has 1 heterocycles. The molecule has 0 bridgehead atoms. The number of ether oxygens (including phenoxy) is 1. The maximum atomic E-state index is 11.0. The Morgan fingerprint density at radius 3 is 3.00 bits per heavy atom. The van der Waals surface area contributed by atoms with Crippen LogP contribution in [0.2, 0.25) is 0 Å². The highest BCUT2D eigenvalue weighted by Crippen LogP contribution is 2.16. The Balaban J connectivity index is 2.58. The van der Waals surface area contributed by atoms with Gasteiger partial charge in [0.05, 0.1) is 13.5 Å². The van der Waals surface area contributed by atoms with Gasteiger partial charge in [-0.3, -0.25) is 4.79 Å². The summed E-state index contributed by atoms with van der Waals surface area (Å²) in [6, 6.07) is 3.80. The third-order valence-corrected chi connectivity index (χ3v) is 1.99. The van der Waals surface area contributed by atoms with Crippen LogP contribution in [-0.2, 0) is 9.53 Å². The Labute approximate surface area is 77.1 Å². The van der Waals surface area contributed by atoms with Gasteiger partial charge in [0.25, 0.3) is 0 Å². The maximum Gasteiger partial charge on any atom is 0.306 e. The summed E-state index contributed by atoms with van der Waals surface area (Å²) in [5.41, 5.74) is 6.52. The third-order valence-electron chi connectivity index (χ3n) is 1.99. The second-order valence-electron chi connectivity index (χ2n) is 2.84. The molecule has 0 aliphatic rings. The van der Waals surface area contributed by atoms with Crippen molar-refractivity contribution in [3.63, 3.8) is 0 Å². The van der Waals surface area contributed by atoms with E-state index < -0.39 is 0 Å². The number of hydrogen-bond acceptors (Lipinski definition) is 3. The minimum Gasteiger partial charge on any atom is -0.469 e. The van der Waals surface area contributed by atoms with E-state index in [1.807, 2.05) is 18.3 Å². The van der Waals surface area contributed by atoms with Gasteiger partial charge in [-0.05, 0) is 12.1 Å². The fourth-order valence-electron chi connectivity index (χ4n) is 1.20. The first-order valence-electron chi connectivity index (χ1n) is 4.18. The number of aromatic amines is 1. The standard InChI is InChI=1S/C9H14N2O2/c1-13-9(12)5-7(6-10)8-3-2-4-11-8/h2-4,7,11H,5-6,10H2,1H3. The summed E-state index contributed by atoms with van der Waals surface area (Å²) in [6.07, 6.45) is 2.14. The molecule has 0 radical (unpaired) electrons. The van der Waals surface area contributed by atoms with Crippen LogP contribution in [0.4, 0.5) is 0 Å². The minimum atomic E-state index is -0.231. The second-order valence-corrected chi connectivity index (χ2v) is 2.84. The number of carbonyl (C=O) groups excluding carboxylic acids is 1. The summed E-state index contributed by atoms with van der Waals surface area (Å²) >= 11 is 0. The molecule has 4 nitrogen and oxygen atoms in total. The highest BCUT2D eigenvalue weighted by Gasteiger charge is 2.15.